The van der Waals surface area contributed by atoms with Crippen LogP contribution in [0.4, 0.5) is 0 Å². The molecule has 0 saturated heterocycles. The Morgan fingerprint density at radius 2 is 1.88 bits per heavy atom. The zero-order valence-corrected chi connectivity index (χ0v) is 10.9. The average Bonchev–Trinajstić information content (AvgIpc) is 2.26. The van der Waals surface area contributed by atoms with Crippen LogP contribution >= 0.6 is 11.6 Å². The van der Waals surface area contributed by atoms with E-state index in [1.807, 2.05) is 24.3 Å². The summed E-state index contributed by atoms with van der Waals surface area (Å²) in [7, 11) is 0. The highest BCUT2D eigenvalue weighted by Gasteiger charge is 2.08. The van der Waals surface area contributed by atoms with Gasteiger partial charge in [0.1, 0.15) is 0 Å². The van der Waals surface area contributed by atoms with Gasteiger partial charge in [0.2, 0.25) is 0 Å². The second kappa shape index (κ2) is 6.89. The Morgan fingerprint density at radius 1 is 1.25 bits per heavy atom. The van der Waals surface area contributed by atoms with Crippen molar-refractivity contribution in [3.63, 3.8) is 0 Å². The standard InChI is InChI=1S/C13H20ClNO/c1-4-13(15-16-9-10(2)3)11-5-7-12(14)8-6-11/h5-8,10,13,15H,4,9H2,1-3H3. The molecule has 0 aliphatic heterocycles. The molecule has 0 saturated carbocycles. The molecule has 0 spiro atoms. The molecule has 90 valence electrons. The van der Waals surface area contributed by atoms with E-state index in [1.54, 1.807) is 0 Å². The van der Waals surface area contributed by atoms with Crippen LogP contribution in [0.5, 0.6) is 0 Å². The monoisotopic (exact) mass is 241 g/mol. The van der Waals surface area contributed by atoms with Gasteiger partial charge in [-0.1, -0.05) is 44.5 Å². The lowest BCUT2D eigenvalue weighted by Crippen LogP contribution is -2.23. The minimum atomic E-state index is 0.232. The summed E-state index contributed by atoms with van der Waals surface area (Å²) in [5.41, 5.74) is 4.30. The van der Waals surface area contributed by atoms with E-state index in [0.717, 1.165) is 18.1 Å². The van der Waals surface area contributed by atoms with Gasteiger partial charge in [-0.15, -0.1) is 0 Å². The third-order valence-electron chi connectivity index (χ3n) is 2.32. The van der Waals surface area contributed by atoms with Crippen LogP contribution in [0.2, 0.25) is 5.02 Å². The zero-order chi connectivity index (χ0) is 12.0. The smallest absolute Gasteiger partial charge is 0.0705 e. The van der Waals surface area contributed by atoms with Crippen molar-refractivity contribution in [2.75, 3.05) is 6.61 Å². The first-order valence-electron chi connectivity index (χ1n) is 5.76. The number of halogens is 1. The molecule has 1 N–H and O–H groups in total. The van der Waals surface area contributed by atoms with E-state index >= 15 is 0 Å². The van der Waals surface area contributed by atoms with Crippen molar-refractivity contribution in [2.45, 2.75) is 33.2 Å². The van der Waals surface area contributed by atoms with Gasteiger partial charge in [-0.25, -0.2) is 0 Å². The summed E-state index contributed by atoms with van der Waals surface area (Å²) >= 11 is 5.85. The van der Waals surface area contributed by atoms with Gasteiger partial charge in [-0.3, -0.25) is 0 Å². The Kier molecular flexibility index (Phi) is 5.81. The van der Waals surface area contributed by atoms with Crippen LogP contribution in [0.1, 0.15) is 38.8 Å². The Bertz CT molecular complexity index is 297. The first kappa shape index (κ1) is 13.5. The molecule has 0 amide bonds. The zero-order valence-electron chi connectivity index (χ0n) is 10.2. The first-order valence-corrected chi connectivity index (χ1v) is 6.14. The quantitative estimate of drug-likeness (QED) is 0.761. The van der Waals surface area contributed by atoms with Gasteiger partial charge < -0.3 is 4.84 Å². The molecule has 0 aliphatic rings. The lowest BCUT2D eigenvalue weighted by Gasteiger charge is -2.18. The van der Waals surface area contributed by atoms with Gasteiger partial charge in [0.25, 0.3) is 0 Å². The number of nitrogens with one attached hydrogen (secondary N) is 1. The van der Waals surface area contributed by atoms with Gasteiger partial charge in [0.15, 0.2) is 0 Å². The van der Waals surface area contributed by atoms with E-state index in [9.17, 15) is 0 Å². The lowest BCUT2D eigenvalue weighted by atomic mass is 10.1. The van der Waals surface area contributed by atoms with Crippen LogP contribution in [0, 0.1) is 5.92 Å². The van der Waals surface area contributed by atoms with E-state index in [1.165, 1.54) is 5.56 Å². The van der Waals surface area contributed by atoms with Crippen molar-refractivity contribution in [1.82, 2.24) is 5.48 Å². The Labute approximate surface area is 103 Å². The third kappa shape index (κ3) is 4.52. The molecule has 0 fully saturated rings. The molecule has 16 heavy (non-hydrogen) atoms. The van der Waals surface area contributed by atoms with Crippen LogP contribution < -0.4 is 5.48 Å². The lowest BCUT2D eigenvalue weighted by molar-refractivity contribution is -0.000581. The molecule has 1 aromatic rings. The summed E-state index contributed by atoms with van der Waals surface area (Å²) in [5.74, 6) is 0.537. The van der Waals surface area contributed by atoms with Crippen LogP contribution in [-0.2, 0) is 4.84 Å². The maximum atomic E-state index is 5.85. The fourth-order valence-corrected chi connectivity index (χ4v) is 1.52. The molecule has 0 radical (unpaired) electrons. The van der Waals surface area contributed by atoms with Gasteiger partial charge in [-0.2, -0.15) is 5.48 Å². The van der Waals surface area contributed by atoms with Crippen molar-refractivity contribution in [2.24, 2.45) is 5.92 Å². The van der Waals surface area contributed by atoms with E-state index in [-0.39, 0.29) is 6.04 Å². The summed E-state index contributed by atoms with van der Waals surface area (Å²) in [6.07, 6.45) is 0.986. The number of hydrogen-bond acceptors (Lipinski definition) is 2. The molecule has 0 aromatic heterocycles. The van der Waals surface area contributed by atoms with Crippen LogP contribution in [0.3, 0.4) is 0 Å². The fourth-order valence-electron chi connectivity index (χ4n) is 1.40. The van der Waals surface area contributed by atoms with Crippen molar-refractivity contribution in [1.29, 1.82) is 0 Å². The molecule has 1 rings (SSSR count). The van der Waals surface area contributed by atoms with Crippen molar-refractivity contribution < 1.29 is 4.84 Å². The first-order chi connectivity index (χ1) is 7.63. The molecule has 0 heterocycles. The van der Waals surface area contributed by atoms with E-state index in [4.69, 9.17) is 16.4 Å². The van der Waals surface area contributed by atoms with E-state index in [0.29, 0.717) is 5.92 Å². The minimum Gasteiger partial charge on any atom is -0.301 e. The molecule has 1 atom stereocenters. The van der Waals surface area contributed by atoms with E-state index in [2.05, 4.69) is 26.3 Å². The average molecular weight is 242 g/mol. The topological polar surface area (TPSA) is 21.3 Å². The summed E-state index contributed by atoms with van der Waals surface area (Å²) in [6, 6.07) is 8.11. The van der Waals surface area contributed by atoms with Gasteiger partial charge >= 0.3 is 0 Å². The maximum Gasteiger partial charge on any atom is 0.0705 e. The van der Waals surface area contributed by atoms with Crippen molar-refractivity contribution >= 4 is 11.6 Å². The summed E-state index contributed by atoms with van der Waals surface area (Å²) in [5, 5.41) is 0.765. The highest BCUT2D eigenvalue weighted by molar-refractivity contribution is 6.30. The van der Waals surface area contributed by atoms with E-state index < -0.39 is 0 Å². The Morgan fingerprint density at radius 3 is 2.38 bits per heavy atom. The summed E-state index contributed by atoms with van der Waals surface area (Å²) < 4.78 is 0. The summed E-state index contributed by atoms with van der Waals surface area (Å²) in [4.78, 5) is 5.45. The highest BCUT2D eigenvalue weighted by Crippen LogP contribution is 2.19. The van der Waals surface area contributed by atoms with Gasteiger partial charge in [0.05, 0.1) is 12.6 Å². The number of hydrogen-bond donors (Lipinski definition) is 1. The SMILES string of the molecule is CCC(NOCC(C)C)c1ccc(Cl)cc1. The predicted molar refractivity (Wildman–Crippen MR) is 68.4 cm³/mol. The number of rotatable bonds is 6. The van der Waals surface area contributed by atoms with Crippen LogP contribution in [-0.4, -0.2) is 6.61 Å². The fraction of sp³-hybridized carbons (Fsp3) is 0.538. The molecule has 0 aliphatic carbocycles. The Hall–Kier alpha value is -0.570. The second-order valence-corrected chi connectivity index (χ2v) is 4.77. The molecule has 1 aromatic carbocycles. The Balaban J connectivity index is 2.50. The normalized spacial score (nSPS) is 13.1. The largest absolute Gasteiger partial charge is 0.301 e. The second-order valence-electron chi connectivity index (χ2n) is 4.34. The number of benzene rings is 1. The molecule has 0 bridgehead atoms. The molecule has 2 nitrogen and oxygen atoms in total. The molecule has 3 heteroatoms. The summed E-state index contributed by atoms with van der Waals surface area (Å²) in [6.45, 7) is 7.12. The van der Waals surface area contributed by atoms with Crippen molar-refractivity contribution in [3.05, 3.63) is 34.9 Å². The molecular formula is C13H20ClNO. The van der Waals surface area contributed by atoms with Crippen molar-refractivity contribution in [3.8, 4) is 0 Å². The van der Waals surface area contributed by atoms with Crippen LogP contribution in [0.25, 0.3) is 0 Å². The molecule has 1 unspecified atom stereocenters. The highest BCUT2D eigenvalue weighted by atomic mass is 35.5. The van der Waals surface area contributed by atoms with Gasteiger partial charge in [-0.05, 0) is 30.0 Å². The molecular weight excluding hydrogens is 222 g/mol. The minimum absolute atomic E-state index is 0.232. The number of hydroxylamine groups is 1. The predicted octanol–water partition coefficient (Wildman–Crippen LogP) is 3.97. The maximum absolute atomic E-state index is 5.85. The van der Waals surface area contributed by atoms with Crippen LogP contribution in [0.15, 0.2) is 24.3 Å². The van der Waals surface area contributed by atoms with Gasteiger partial charge in [0, 0.05) is 5.02 Å². The third-order valence-corrected chi connectivity index (χ3v) is 2.57.